The summed E-state index contributed by atoms with van der Waals surface area (Å²) in [5.41, 5.74) is 0.609. The van der Waals surface area contributed by atoms with Crippen molar-refractivity contribution in [3.8, 4) is 0 Å². The van der Waals surface area contributed by atoms with E-state index in [0.717, 1.165) is 0 Å². The van der Waals surface area contributed by atoms with E-state index >= 15 is 0 Å². The number of rotatable bonds is 1. The molecule has 70 valence electrons. The molecule has 0 aromatic carbocycles. The van der Waals surface area contributed by atoms with Crippen LogP contribution in [0.25, 0.3) is 0 Å². The van der Waals surface area contributed by atoms with Crippen molar-refractivity contribution in [2.75, 3.05) is 13.1 Å². The molecule has 0 unspecified atom stereocenters. The fourth-order valence-electron chi connectivity index (χ4n) is 1.60. The van der Waals surface area contributed by atoms with Crippen LogP contribution in [0.1, 0.15) is 11.5 Å². The van der Waals surface area contributed by atoms with Gasteiger partial charge in [0.1, 0.15) is 0 Å². The number of hydrogen-bond acceptors (Lipinski definition) is 2. The standard InChI is InChI=1S/C9H10F2N2/c10-9(11)6-13-5-8(9)7-2-1-3-12-4-7/h1-4,8,13H,5-6H2/t8-/m1/s1. The minimum Gasteiger partial charge on any atom is -0.310 e. The molecule has 1 aliphatic rings. The smallest absolute Gasteiger partial charge is 0.268 e. The summed E-state index contributed by atoms with van der Waals surface area (Å²) in [6, 6.07) is 3.38. The Hall–Kier alpha value is -1.03. The molecule has 0 aliphatic carbocycles. The van der Waals surface area contributed by atoms with Crippen molar-refractivity contribution in [3.05, 3.63) is 30.1 Å². The van der Waals surface area contributed by atoms with Crippen LogP contribution in [0.2, 0.25) is 0 Å². The molecule has 0 bridgehead atoms. The van der Waals surface area contributed by atoms with Gasteiger partial charge in [-0.2, -0.15) is 0 Å². The average molecular weight is 184 g/mol. The molecule has 2 heterocycles. The van der Waals surface area contributed by atoms with Gasteiger partial charge < -0.3 is 5.32 Å². The van der Waals surface area contributed by atoms with E-state index in [9.17, 15) is 8.78 Å². The van der Waals surface area contributed by atoms with Crippen LogP contribution in [0.5, 0.6) is 0 Å². The molecule has 1 fully saturated rings. The first-order valence-electron chi connectivity index (χ1n) is 4.18. The van der Waals surface area contributed by atoms with E-state index in [-0.39, 0.29) is 6.54 Å². The fourth-order valence-corrected chi connectivity index (χ4v) is 1.60. The van der Waals surface area contributed by atoms with Gasteiger partial charge in [-0.1, -0.05) is 6.07 Å². The second kappa shape index (κ2) is 3.03. The second-order valence-corrected chi connectivity index (χ2v) is 3.23. The van der Waals surface area contributed by atoms with E-state index in [0.29, 0.717) is 12.1 Å². The first kappa shape index (κ1) is 8.56. The van der Waals surface area contributed by atoms with Gasteiger partial charge in [0.15, 0.2) is 0 Å². The van der Waals surface area contributed by atoms with E-state index in [2.05, 4.69) is 10.3 Å². The number of nitrogens with zero attached hydrogens (tertiary/aromatic N) is 1. The van der Waals surface area contributed by atoms with Gasteiger partial charge in [-0.25, -0.2) is 8.78 Å². The molecule has 2 rings (SSSR count). The highest BCUT2D eigenvalue weighted by Gasteiger charge is 2.44. The molecule has 1 aromatic heterocycles. The van der Waals surface area contributed by atoms with E-state index < -0.39 is 11.8 Å². The highest BCUT2D eigenvalue weighted by molar-refractivity contribution is 5.20. The topological polar surface area (TPSA) is 24.9 Å². The monoisotopic (exact) mass is 184 g/mol. The summed E-state index contributed by atoms with van der Waals surface area (Å²) >= 11 is 0. The number of pyridine rings is 1. The predicted octanol–water partition coefficient (Wildman–Crippen LogP) is 1.40. The van der Waals surface area contributed by atoms with Gasteiger partial charge in [-0.15, -0.1) is 0 Å². The number of hydrogen-bond donors (Lipinski definition) is 1. The molecule has 1 N–H and O–H groups in total. The first-order valence-corrected chi connectivity index (χ1v) is 4.18. The predicted molar refractivity (Wildman–Crippen MR) is 44.8 cm³/mol. The summed E-state index contributed by atoms with van der Waals surface area (Å²) < 4.78 is 26.4. The molecule has 0 spiro atoms. The third kappa shape index (κ3) is 1.54. The molecule has 0 amide bonds. The summed E-state index contributed by atoms with van der Waals surface area (Å²) in [4.78, 5) is 3.83. The molecule has 1 atom stereocenters. The van der Waals surface area contributed by atoms with Crippen molar-refractivity contribution < 1.29 is 8.78 Å². The molecule has 2 nitrogen and oxygen atoms in total. The number of aromatic nitrogens is 1. The van der Waals surface area contributed by atoms with Crippen LogP contribution in [-0.2, 0) is 0 Å². The molecule has 4 heteroatoms. The minimum absolute atomic E-state index is 0.230. The molecule has 1 saturated heterocycles. The van der Waals surface area contributed by atoms with Crippen molar-refractivity contribution in [1.82, 2.24) is 10.3 Å². The van der Waals surface area contributed by atoms with Crippen molar-refractivity contribution in [2.24, 2.45) is 0 Å². The lowest BCUT2D eigenvalue weighted by molar-refractivity contribution is 0.00569. The fraction of sp³-hybridized carbons (Fsp3) is 0.444. The van der Waals surface area contributed by atoms with Crippen LogP contribution in [0.3, 0.4) is 0 Å². The Balaban J connectivity index is 2.27. The molecule has 0 saturated carbocycles. The van der Waals surface area contributed by atoms with Gasteiger partial charge in [-0.05, 0) is 11.6 Å². The molecule has 13 heavy (non-hydrogen) atoms. The Morgan fingerprint density at radius 2 is 2.38 bits per heavy atom. The Morgan fingerprint density at radius 3 is 2.92 bits per heavy atom. The van der Waals surface area contributed by atoms with Gasteiger partial charge in [0, 0.05) is 18.9 Å². The van der Waals surface area contributed by atoms with Crippen molar-refractivity contribution in [2.45, 2.75) is 11.8 Å². The minimum atomic E-state index is -2.64. The third-order valence-electron chi connectivity index (χ3n) is 2.31. The zero-order valence-corrected chi connectivity index (χ0v) is 7.00. The van der Waals surface area contributed by atoms with Crippen molar-refractivity contribution in [3.63, 3.8) is 0 Å². The Kier molecular flexibility index (Phi) is 2.00. The average Bonchev–Trinajstić information content (AvgIpc) is 2.47. The molecule has 1 aromatic rings. The zero-order valence-electron chi connectivity index (χ0n) is 7.00. The number of nitrogens with one attached hydrogen (secondary N) is 1. The highest BCUT2D eigenvalue weighted by Crippen LogP contribution is 2.35. The summed E-state index contributed by atoms with van der Waals surface area (Å²) in [7, 11) is 0. The first-order chi connectivity index (χ1) is 6.20. The molecular weight excluding hydrogens is 174 g/mol. The quantitative estimate of drug-likeness (QED) is 0.713. The Bertz CT molecular complexity index is 287. The Morgan fingerprint density at radius 1 is 1.54 bits per heavy atom. The van der Waals surface area contributed by atoms with Crippen molar-refractivity contribution >= 4 is 0 Å². The summed E-state index contributed by atoms with van der Waals surface area (Å²) in [6.07, 6.45) is 3.09. The van der Waals surface area contributed by atoms with E-state index in [1.54, 1.807) is 18.3 Å². The lowest BCUT2D eigenvalue weighted by Gasteiger charge is -2.17. The van der Waals surface area contributed by atoms with Crippen LogP contribution < -0.4 is 5.32 Å². The maximum Gasteiger partial charge on any atom is 0.268 e. The number of alkyl halides is 2. The summed E-state index contributed by atoms with van der Waals surface area (Å²) in [5.74, 6) is -3.36. The van der Waals surface area contributed by atoms with Gasteiger partial charge in [0.05, 0.1) is 12.5 Å². The van der Waals surface area contributed by atoms with Crippen LogP contribution in [0.4, 0.5) is 8.78 Å². The van der Waals surface area contributed by atoms with Crippen molar-refractivity contribution in [1.29, 1.82) is 0 Å². The zero-order chi connectivity index (χ0) is 9.31. The van der Waals surface area contributed by atoms with Crippen LogP contribution in [-0.4, -0.2) is 24.0 Å². The van der Waals surface area contributed by atoms with Crippen LogP contribution >= 0.6 is 0 Å². The largest absolute Gasteiger partial charge is 0.310 e. The molecule has 1 aliphatic heterocycles. The Labute approximate surface area is 75.0 Å². The van der Waals surface area contributed by atoms with Gasteiger partial charge in [0.25, 0.3) is 5.92 Å². The van der Waals surface area contributed by atoms with E-state index in [4.69, 9.17) is 0 Å². The molecule has 0 radical (unpaired) electrons. The maximum atomic E-state index is 13.2. The SMILES string of the molecule is FC1(F)CNC[C@@H]1c1cccnc1. The van der Waals surface area contributed by atoms with E-state index in [1.165, 1.54) is 6.20 Å². The van der Waals surface area contributed by atoms with Gasteiger partial charge >= 0.3 is 0 Å². The van der Waals surface area contributed by atoms with E-state index in [1.807, 2.05) is 0 Å². The molecular formula is C9H10F2N2. The van der Waals surface area contributed by atoms with Crippen LogP contribution in [0, 0.1) is 0 Å². The second-order valence-electron chi connectivity index (χ2n) is 3.23. The van der Waals surface area contributed by atoms with Crippen LogP contribution in [0.15, 0.2) is 24.5 Å². The summed E-state index contributed by atoms with van der Waals surface area (Å²) in [5, 5.41) is 2.68. The highest BCUT2D eigenvalue weighted by atomic mass is 19.3. The number of halogens is 2. The van der Waals surface area contributed by atoms with Gasteiger partial charge in [0.2, 0.25) is 0 Å². The van der Waals surface area contributed by atoms with Gasteiger partial charge in [-0.3, -0.25) is 4.98 Å². The summed E-state index contributed by atoms with van der Waals surface area (Å²) in [6.45, 7) is 0.102. The lowest BCUT2D eigenvalue weighted by Crippen LogP contribution is -2.25. The third-order valence-corrected chi connectivity index (χ3v) is 2.31. The lowest BCUT2D eigenvalue weighted by atomic mass is 9.97. The maximum absolute atomic E-state index is 13.2. The normalized spacial score (nSPS) is 26.2.